The predicted molar refractivity (Wildman–Crippen MR) is 88.3 cm³/mol. The molecule has 0 aromatic heterocycles. The Morgan fingerprint density at radius 3 is 2.78 bits per heavy atom. The summed E-state index contributed by atoms with van der Waals surface area (Å²) in [7, 11) is 3.25. The van der Waals surface area contributed by atoms with Gasteiger partial charge in [-0.2, -0.15) is 0 Å². The highest BCUT2D eigenvalue weighted by atomic mass is 16.7. The SMILES string of the molecule is COc1cccc(C=NCCc2ccc3c(c2)OCO3)c1OC. The molecule has 0 atom stereocenters. The van der Waals surface area contributed by atoms with Gasteiger partial charge in [-0.05, 0) is 36.2 Å². The van der Waals surface area contributed by atoms with Crippen molar-refractivity contribution < 1.29 is 18.9 Å². The maximum Gasteiger partial charge on any atom is 0.231 e. The molecule has 1 aliphatic rings. The highest BCUT2D eigenvalue weighted by molar-refractivity contribution is 5.85. The van der Waals surface area contributed by atoms with Gasteiger partial charge in [-0.15, -0.1) is 0 Å². The zero-order chi connectivity index (χ0) is 16.1. The molecule has 0 amide bonds. The fourth-order valence-electron chi connectivity index (χ4n) is 2.47. The number of hydrogen-bond acceptors (Lipinski definition) is 5. The van der Waals surface area contributed by atoms with Crippen LogP contribution in [0, 0.1) is 0 Å². The Kier molecular flexibility index (Phi) is 4.66. The Morgan fingerprint density at radius 2 is 1.96 bits per heavy atom. The largest absolute Gasteiger partial charge is 0.493 e. The molecule has 0 N–H and O–H groups in total. The molecule has 5 heteroatoms. The van der Waals surface area contributed by atoms with Crippen molar-refractivity contribution in [3.8, 4) is 23.0 Å². The van der Waals surface area contributed by atoms with E-state index in [1.807, 2.05) is 42.6 Å². The van der Waals surface area contributed by atoms with Gasteiger partial charge in [0, 0.05) is 18.3 Å². The molecule has 2 aromatic rings. The molecule has 5 nitrogen and oxygen atoms in total. The molecule has 0 radical (unpaired) electrons. The van der Waals surface area contributed by atoms with Crippen LogP contribution in [0.15, 0.2) is 41.4 Å². The van der Waals surface area contributed by atoms with Crippen molar-refractivity contribution in [2.75, 3.05) is 27.6 Å². The molecule has 3 rings (SSSR count). The van der Waals surface area contributed by atoms with Gasteiger partial charge >= 0.3 is 0 Å². The van der Waals surface area contributed by atoms with Gasteiger partial charge < -0.3 is 18.9 Å². The number of para-hydroxylation sites is 1. The van der Waals surface area contributed by atoms with Gasteiger partial charge in [0.25, 0.3) is 0 Å². The standard InChI is InChI=1S/C18H19NO4/c1-20-16-5-3-4-14(18(16)21-2)11-19-9-8-13-6-7-15-17(10-13)23-12-22-15/h3-7,10-11H,8-9,12H2,1-2H3. The average molecular weight is 313 g/mol. The Hall–Kier alpha value is -2.69. The van der Waals surface area contributed by atoms with Gasteiger partial charge in [-0.1, -0.05) is 12.1 Å². The quantitative estimate of drug-likeness (QED) is 0.769. The lowest BCUT2D eigenvalue weighted by Crippen LogP contribution is -1.96. The summed E-state index contributed by atoms with van der Waals surface area (Å²) in [5.41, 5.74) is 2.07. The van der Waals surface area contributed by atoms with Crippen molar-refractivity contribution in [1.82, 2.24) is 0 Å². The molecule has 0 aliphatic carbocycles. The molecule has 2 aromatic carbocycles. The first-order chi connectivity index (χ1) is 11.3. The predicted octanol–water partition coefficient (Wildman–Crippen LogP) is 3.09. The first-order valence-electron chi connectivity index (χ1n) is 7.41. The second-order valence-electron chi connectivity index (χ2n) is 5.06. The second-order valence-corrected chi connectivity index (χ2v) is 5.06. The van der Waals surface area contributed by atoms with Crippen LogP contribution in [0.1, 0.15) is 11.1 Å². The number of ether oxygens (including phenoxy) is 4. The van der Waals surface area contributed by atoms with Gasteiger partial charge in [-0.25, -0.2) is 0 Å². The first-order valence-corrected chi connectivity index (χ1v) is 7.41. The van der Waals surface area contributed by atoms with Crippen molar-refractivity contribution >= 4 is 6.21 Å². The maximum atomic E-state index is 5.39. The topological polar surface area (TPSA) is 49.3 Å². The van der Waals surface area contributed by atoms with Crippen LogP contribution in [-0.4, -0.2) is 33.8 Å². The highest BCUT2D eigenvalue weighted by Gasteiger charge is 2.12. The van der Waals surface area contributed by atoms with Crippen molar-refractivity contribution in [3.63, 3.8) is 0 Å². The Labute approximate surface area is 135 Å². The van der Waals surface area contributed by atoms with E-state index in [0.717, 1.165) is 23.5 Å². The fourth-order valence-corrected chi connectivity index (χ4v) is 2.47. The minimum absolute atomic E-state index is 0.298. The van der Waals surface area contributed by atoms with Crippen molar-refractivity contribution in [1.29, 1.82) is 0 Å². The molecule has 0 spiro atoms. The molecular weight excluding hydrogens is 294 g/mol. The Balaban J connectivity index is 1.63. The van der Waals surface area contributed by atoms with Crippen LogP contribution in [0.2, 0.25) is 0 Å². The monoisotopic (exact) mass is 313 g/mol. The molecule has 23 heavy (non-hydrogen) atoms. The molecular formula is C18H19NO4. The first kappa shape index (κ1) is 15.2. The highest BCUT2D eigenvalue weighted by Crippen LogP contribution is 2.32. The van der Waals surface area contributed by atoms with Crippen LogP contribution in [0.4, 0.5) is 0 Å². The van der Waals surface area contributed by atoms with E-state index in [-0.39, 0.29) is 0 Å². The minimum Gasteiger partial charge on any atom is -0.493 e. The van der Waals surface area contributed by atoms with Crippen LogP contribution in [0.3, 0.4) is 0 Å². The van der Waals surface area contributed by atoms with E-state index in [2.05, 4.69) is 4.99 Å². The van der Waals surface area contributed by atoms with Gasteiger partial charge in [0.05, 0.1) is 14.2 Å². The molecule has 1 heterocycles. The normalized spacial score (nSPS) is 12.6. The summed E-state index contributed by atoms with van der Waals surface area (Å²) in [5.74, 6) is 3.01. The van der Waals surface area contributed by atoms with Crippen LogP contribution in [0.5, 0.6) is 23.0 Å². The van der Waals surface area contributed by atoms with Gasteiger partial charge in [0.1, 0.15) is 0 Å². The van der Waals surface area contributed by atoms with Crippen molar-refractivity contribution in [3.05, 3.63) is 47.5 Å². The van der Waals surface area contributed by atoms with E-state index in [4.69, 9.17) is 18.9 Å². The molecule has 1 aliphatic heterocycles. The number of benzene rings is 2. The molecule has 0 saturated carbocycles. The third-order valence-electron chi connectivity index (χ3n) is 3.63. The zero-order valence-electron chi connectivity index (χ0n) is 13.2. The van der Waals surface area contributed by atoms with E-state index in [1.165, 1.54) is 5.56 Å². The third-order valence-corrected chi connectivity index (χ3v) is 3.63. The molecule has 0 saturated heterocycles. The Bertz CT molecular complexity index is 712. The molecule has 0 fully saturated rings. The Morgan fingerprint density at radius 1 is 1.09 bits per heavy atom. The number of rotatable bonds is 6. The van der Waals surface area contributed by atoms with Crippen LogP contribution in [0.25, 0.3) is 0 Å². The van der Waals surface area contributed by atoms with E-state index in [1.54, 1.807) is 14.2 Å². The number of methoxy groups -OCH3 is 2. The zero-order valence-corrected chi connectivity index (χ0v) is 13.2. The lowest BCUT2D eigenvalue weighted by molar-refractivity contribution is 0.174. The number of hydrogen-bond donors (Lipinski definition) is 0. The van der Waals surface area contributed by atoms with Crippen molar-refractivity contribution in [2.45, 2.75) is 6.42 Å². The van der Waals surface area contributed by atoms with Crippen LogP contribution >= 0.6 is 0 Å². The molecule has 0 bridgehead atoms. The van der Waals surface area contributed by atoms with Gasteiger partial charge in [-0.3, -0.25) is 4.99 Å². The van der Waals surface area contributed by atoms with E-state index < -0.39 is 0 Å². The smallest absolute Gasteiger partial charge is 0.231 e. The summed E-state index contributed by atoms with van der Waals surface area (Å²) in [6.45, 7) is 0.979. The third kappa shape index (κ3) is 3.39. The summed E-state index contributed by atoms with van der Waals surface area (Å²) in [5, 5.41) is 0. The summed E-state index contributed by atoms with van der Waals surface area (Å²) in [6, 6.07) is 11.7. The van der Waals surface area contributed by atoms with E-state index in [0.29, 0.717) is 24.8 Å². The van der Waals surface area contributed by atoms with Crippen LogP contribution < -0.4 is 18.9 Å². The summed E-state index contributed by atoms with van der Waals surface area (Å²) in [4.78, 5) is 4.48. The average Bonchev–Trinajstić information content (AvgIpc) is 3.06. The van der Waals surface area contributed by atoms with Gasteiger partial charge in [0.15, 0.2) is 23.0 Å². The van der Waals surface area contributed by atoms with Crippen LogP contribution in [-0.2, 0) is 6.42 Å². The number of fused-ring (bicyclic) bond motifs is 1. The maximum absolute atomic E-state index is 5.39. The van der Waals surface area contributed by atoms with Gasteiger partial charge in [0.2, 0.25) is 6.79 Å². The fraction of sp³-hybridized carbons (Fsp3) is 0.278. The van der Waals surface area contributed by atoms with E-state index in [9.17, 15) is 0 Å². The number of nitrogens with zero attached hydrogens (tertiary/aromatic N) is 1. The summed E-state index contributed by atoms with van der Waals surface area (Å²) in [6.07, 6.45) is 2.65. The summed E-state index contributed by atoms with van der Waals surface area (Å²) >= 11 is 0. The number of aliphatic imine (C=N–C) groups is 1. The van der Waals surface area contributed by atoms with Crippen molar-refractivity contribution in [2.24, 2.45) is 4.99 Å². The lowest BCUT2D eigenvalue weighted by atomic mass is 10.1. The summed E-state index contributed by atoms with van der Waals surface area (Å²) < 4.78 is 21.4. The lowest BCUT2D eigenvalue weighted by Gasteiger charge is -2.09. The minimum atomic E-state index is 0.298. The second kappa shape index (κ2) is 7.05. The molecule has 120 valence electrons. The van der Waals surface area contributed by atoms with E-state index >= 15 is 0 Å². The molecule has 0 unspecified atom stereocenters.